The average molecular weight is 468 g/mol. The summed E-state index contributed by atoms with van der Waals surface area (Å²) in [6.07, 6.45) is -4.03. The van der Waals surface area contributed by atoms with Gasteiger partial charge in [-0.15, -0.1) is 0 Å². The van der Waals surface area contributed by atoms with Gasteiger partial charge in [-0.05, 0) is 0 Å². The average Bonchev–Trinajstić information content (AvgIpc) is 3.63. The van der Waals surface area contributed by atoms with Gasteiger partial charge in [0.1, 0.15) is 35.4 Å². The van der Waals surface area contributed by atoms with Crippen molar-refractivity contribution in [1.29, 1.82) is 21.0 Å². The molecule has 162 valence electrons. The Hall–Kier alpha value is -6.60. The maximum atomic E-state index is 10.1. The zero-order valence-corrected chi connectivity index (χ0v) is 17.4. The fraction of sp³-hybridized carbons (Fsp3) is 0. The van der Waals surface area contributed by atoms with Crippen LogP contribution < -0.4 is 0 Å². The zero-order chi connectivity index (χ0) is 30.9. The van der Waals surface area contributed by atoms with Gasteiger partial charge in [0.05, 0.1) is 32.5 Å². The minimum Gasteiger partial charge on any atom is -0.248 e. The Morgan fingerprint density at radius 2 is 1.08 bits per heavy atom. The molecule has 0 aliphatic heterocycles. The molecule has 3 aromatic rings. The molecule has 0 amide bonds. The first-order valence-corrected chi connectivity index (χ1v) is 9.22. The lowest BCUT2D eigenvalue weighted by Gasteiger charge is -1.97. The number of hydrogen-bond donors (Lipinski definition) is 0. The van der Waals surface area contributed by atoms with Crippen molar-refractivity contribution in [3.63, 3.8) is 0 Å². The minimum atomic E-state index is -0.674. The molecule has 12 heteroatoms. The van der Waals surface area contributed by atoms with Crippen LogP contribution in [0.5, 0.6) is 0 Å². The summed E-state index contributed by atoms with van der Waals surface area (Å²) in [6, 6.07) is 6.78. The maximum Gasteiger partial charge on any atom is 0.238 e. The van der Waals surface area contributed by atoms with Crippen LogP contribution in [0.1, 0.15) is 36.8 Å². The Bertz CT molecular complexity index is 1800. The number of aromatic nitrogens is 6. The summed E-state index contributed by atoms with van der Waals surface area (Å²) in [5.41, 5.74) is -3.39. The third-order valence-corrected chi connectivity index (χ3v) is 4.38. The van der Waals surface area contributed by atoms with Crippen molar-refractivity contribution in [2.75, 3.05) is 0 Å². The molecule has 0 atom stereocenters. The summed E-state index contributed by atoms with van der Waals surface area (Å²) in [5.74, 6) is -1.52. The lowest BCUT2D eigenvalue weighted by molar-refractivity contribution is 1.11. The molecular formula is C24H6N12. The topological polar surface area (TPSA) is 181 Å². The van der Waals surface area contributed by atoms with Crippen molar-refractivity contribution in [2.24, 2.45) is 0 Å². The largest absolute Gasteiger partial charge is 0.248 e. The van der Waals surface area contributed by atoms with Crippen LogP contribution in [0.25, 0.3) is 26.5 Å². The summed E-state index contributed by atoms with van der Waals surface area (Å²) in [5, 5.41) is 38.4. The molecule has 1 aliphatic rings. The van der Waals surface area contributed by atoms with Crippen LogP contribution in [0.4, 0.5) is 5.69 Å². The lowest BCUT2D eigenvalue weighted by atomic mass is 10.2. The van der Waals surface area contributed by atoms with Crippen LogP contribution in [0.3, 0.4) is 0 Å². The molecule has 0 saturated heterocycles. The molecular weight excluding hydrogens is 456 g/mol. The molecule has 36 heavy (non-hydrogen) atoms. The van der Waals surface area contributed by atoms with Crippen LogP contribution in [-0.2, 0) is 0 Å². The molecule has 1 saturated carbocycles. The minimum absolute atomic E-state index is 0.188. The van der Waals surface area contributed by atoms with Gasteiger partial charge in [0.25, 0.3) is 0 Å². The van der Waals surface area contributed by atoms with Gasteiger partial charge in [-0.2, -0.15) is 21.0 Å². The molecule has 4 rings (SSSR count). The van der Waals surface area contributed by atoms with Crippen LogP contribution >= 0.6 is 0 Å². The van der Waals surface area contributed by atoms with E-state index in [2.05, 4.69) is 39.6 Å². The molecule has 0 aromatic carbocycles. The fourth-order valence-corrected chi connectivity index (χ4v) is 2.85. The first-order valence-electron chi connectivity index (χ1n) is 12.2. The van der Waals surface area contributed by atoms with Crippen LogP contribution in [0.15, 0.2) is 53.8 Å². The third-order valence-electron chi connectivity index (χ3n) is 4.38. The van der Waals surface area contributed by atoms with Gasteiger partial charge < -0.3 is 0 Å². The summed E-state index contributed by atoms with van der Waals surface area (Å²) in [6.45, 7) is 14.9. The van der Waals surface area contributed by atoms with E-state index in [1.54, 1.807) is 24.3 Å². The van der Waals surface area contributed by atoms with E-state index in [9.17, 15) is 10.5 Å². The van der Waals surface area contributed by atoms with Crippen molar-refractivity contribution >= 4 is 22.5 Å². The number of rotatable bonds is 3. The molecule has 1 aliphatic carbocycles. The molecule has 1 fully saturated rings. The second-order valence-corrected chi connectivity index (χ2v) is 6.31. The highest BCUT2D eigenvalue weighted by Crippen LogP contribution is 2.55. The van der Waals surface area contributed by atoms with Crippen molar-refractivity contribution in [3.8, 4) is 24.3 Å². The van der Waals surface area contributed by atoms with E-state index in [-0.39, 0.29) is 16.7 Å². The molecule has 12 nitrogen and oxygen atoms in total. The summed E-state index contributed by atoms with van der Waals surface area (Å²) < 4.78 is 47.7. The van der Waals surface area contributed by atoms with Crippen molar-refractivity contribution in [2.45, 2.75) is 0 Å². The van der Waals surface area contributed by atoms with Crippen LogP contribution in [0.2, 0.25) is 0 Å². The first kappa shape index (κ1) is 16.1. The molecule has 0 bridgehead atoms. The van der Waals surface area contributed by atoms with Gasteiger partial charge in [0, 0.05) is 53.8 Å². The number of nitrogens with zero attached hydrogens (tertiary/aromatic N) is 12. The number of nitriles is 4. The lowest BCUT2D eigenvalue weighted by Crippen LogP contribution is -1.94. The van der Waals surface area contributed by atoms with Crippen molar-refractivity contribution < 1.29 is 8.22 Å². The van der Waals surface area contributed by atoms with E-state index in [1.165, 1.54) is 0 Å². The van der Waals surface area contributed by atoms with Gasteiger partial charge in [0.15, 0.2) is 17.5 Å². The van der Waals surface area contributed by atoms with Crippen molar-refractivity contribution in [3.05, 3.63) is 105 Å². The van der Waals surface area contributed by atoms with Gasteiger partial charge >= 0.3 is 0 Å². The smallest absolute Gasteiger partial charge is 0.238 e. The molecule has 0 N–H and O–H groups in total. The van der Waals surface area contributed by atoms with Gasteiger partial charge in [-0.25, -0.2) is 39.6 Å². The summed E-state index contributed by atoms with van der Waals surface area (Å²) >= 11 is 0. The monoisotopic (exact) mass is 468 g/mol. The van der Waals surface area contributed by atoms with E-state index < -0.39 is 88.2 Å². The van der Waals surface area contributed by atoms with Crippen LogP contribution in [-0.4, -0.2) is 29.9 Å². The van der Waals surface area contributed by atoms with E-state index in [4.69, 9.17) is 31.9 Å². The van der Waals surface area contributed by atoms with E-state index in [1.807, 2.05) is 0 Å². The van der Waals surface area contributed by atoms with Gasteiger partial charge in [0.2, 0.25) is 11.4 Å². The highest BCUT2D eigenvalue weighted by atomic mass is 14.9. The summed E-state index contributed by atoms with van der Waals surface area (Å²) in [4.78, 5) is 29.2. The molecule has 0 unspecified atom stereocenters. The Kier molecular flexibility index (Phi) is 4.24. The Labute approximate surface area is 211 Å². The quantitative estimate of drug-likeness (QED) is 0.409. The molecule has 0 spiro atoms. The van der Waals surface area contributed by atoms with E-state index in [0.717, 1.165) is 0 Å². The Balaban J connectivity index is 2.17. The zero-order valence-electron chi connectivity index (χ0n) is 23.4. The maximum absolute atomic E-state index is 10.1. The van der Waals surface area contributed by atoms with Crippen molar-refractivity contribution in [1.82, 2.24) is 29.9 Å². The van der Waals surface area contributed by atoms with E-state index in [0.29, 0.717) is 0 Å². The van der Waals surface area contributed by atoms with Crippen LogP contribution in [0, 0.1) is 58.5 Å². The third kappa shape index (κ3) is 3.96. The Morgan fingerprint density at radius 1 is 0.667 bits per heavy atom. The van der Waals surface area contributed by atoms with Gasteiger partial charge in [-0.3, -0.25) is 0 Å². The molecule has 3 aromatic heterocycles. The normalized spacial score (nSPS) is 17.8. The standard InChI is InChI=1S/C24H6N12/c1-29-15-11-35-23(36-12-15)17(6-28)19-18(16(5-27)22-31-7-13(3-25)8-32-22)20(19)21(30-2)24-33-9-14(4-26)10-34-24/h7-12H/b18-16+,19-17-,21-20-/i7D,8D,9D,10D,11D,12D. The number of hydrogen-bond acceptors (Lipinski definition) is 10. The Morgan fingerprint density at radius 3 is 1.44 bits per heavy atom. The highest BCUT2D eigenvalue weighted by molar-refractivity contribution is 6.09. The number of allylic oxidation sites excluding steroid dienone is 5. The highest BCUT2D eigenvalue weighted by Gasteiger charge is 2.42. The SMILES string of the molecule is [2H]c1nc(/C(C#N)=C2/C(=C(/[N+]#[C-])c3nc([2H])c(C#N)c([2H])n3)/C2=C(/C#N)c2nc([2H])c([N+]#[C-])c([2H])n2)nc([2H])c1C#N. The van der Waals surface area contributed by atoms with Gasteiger partial charge in [-0.1, -0.05) is 0 Å². The van der Waals surface area contributed by atoms with E-state index >= 15 is 0 Å². The predicted molar refractivity (Wildman–Crippen MR) is 120 cm³/mol. The predicted octanol–water partition coefficient (Wildman–Crippen LogP) is 2.95. The first-order chi connectivity index (χ1) is 20.1. The second-order valence-electron chi connectivity index (χ2n) is 6.31. The fourth-order valence-electron chi connectivity index (χ4n) is 2.85. The summed E-state index contributed by atoms with van der Waals surface area (Å²) in [7, 11) is 0. The molecule has 0 radical (unpaired) electrons. The second kappa shape index (κ2) is 9.49. The molecule has 3 heterocycles.